The summed E-state index contributed by atoms with van der Waals surface area (Å²) in [5, 5.41) is 0. The van der Waals surface area contributed by atoms with Crippen LogP contribution in [0.15, 0.2) is 30.3 Å². The molecule has 1 nitrogen and oxygen atoms in total. The van der Waals surface area contributed by atoms with Crippen LogP contribution in [0.2, 0.25) is 0 Å². The lowest BCUT2D eigenvalue weighted by Crippen LogP contribution is -1.98. The van der Waals surface area contributed by atoms with Crippen molar-refractivity contribution in [3.63, 3.8) is 0 Å². The molecule has 0 amide bonds. The highest BCUT2D eigenvalue weighted by atomic mass is 16.6. The maximum Gasteiger partial charge on any atom is 0.0842 e. The molecule has 2 atom stereocenters. The van der Waals surface area contributed by atoms with E-state index in [4.69, 9.17) is 4.74 Å². The highest BCUT2D eigenvalue weighted by molar-refractivity contribution is 5.20. The van der Waals surface area contributed by atoms with Gasteiger partial charge in [0.2, 0.25) is 0 Å². The molecule has 14 heavy (non-hydrogen) atoms. The number of epoxide rings is 1. The smallest absolute Gasteiger partial charge is 0.0842 e. The zero-order chi connectivity index (χ0) is 9.38. The van der Waals surface area contributed by atoms with Gasteiger partial charge in [-0.05, 0) is 37.2 Å². The monoisotopic (exact) mass is 188 g/mol. The predicted octanol–water partition coefficient (Wildman–Crippen LogP) is 3.11. The van der Waals surface area contributed by atoms with E-state index in [1.165, 1.54) is 31.2 Å². The summed E-state index contributed by atoms with van der Waals surface area (Å²) in [6.45, 7) is 0. The molecule has 1 aliphatic carbocycles. The van der Waals surface area contributed by atoms with E-state index in [1.807, 2.05) is 0 Å². The number of hydrogen-bond donors (Lipinski definition) is 0. The second-order valence-electron chi connectivity index (χ2n) is 4.48. The van der Waals surface area contributed by atoms with Gasteiger partial charge in [-0.1, -0.05) is 30.3 Å². The summed E-state index contributed by atoms with van der Waals surface area (Å²) >= 11 is 0. The molecule has 0 N–H and O–H groups in total. The first-order valence-electron chi connectivity index (χ1n) is 5.64. The Morgan fingerprint density at radius 3 is 2.14 bits per heavy atom. The third kappa shape index (κ3) is 1.57. The zero-order valence-corrected chi connectivity index (χ0v) is 8.36. The van der Waals surface area contributed by atoms with E-state index in [2.05, 4.69) is 30.3 Å². The van der Waals surface area contributed by atoms with Gasteiger partial charge < -0.3 is 4.74 Å². The zero-order valence-electron chi connectivity index (χ0n) is 8.36. The minimum absolute atomic E-state index is 0.615. The second-order valence-corrected chi connectivity index (χ2v) is 4.48. The van der Waals surface area contributed by atoms with Crippen molar-refractivity contribution in [3.05, 3.63) is 35.9 Å². The Balaban J connectivity index is 1.73. The predicted molar refractivity (Wildman–Crippen MR) is 56.3 cm³/mol. The lowest BCUT2D eigenvalue weighted by atomic mass is 9.92. The largest absolute Gasteiger partial charge is 0.370 e. The molecule has 1 heteroatoms. The molecule has 1 aliphatic heterocycles. The van der Waals surface area contributed by atoms with Crippen LogP contribution in [-0.2, 0) is 4.74 Å². The molecule has 0 aromatic heterocycles. The summed E-state index contributed by atoms with van der Waals surface area (Å²) in [5.41, 5.74) is 1.52. The van der Waals surface area contributed by atoms with Gasteiger partial charge in [-0.3, -0.25) is 0 Å². The van der Waals surface area contributed by atoms with Crippen LogP contribution in [0.25, 0.3) is 0 Å². The third-order valence-corrected chi connectivity index (χ3v) is 3.56. The fourth-order valence-electron chi connectivity index (χ4n) is 2.62. The van der Waals surface area contributed by atoms with Crippen molar-refractivity contribution in [2.24, 2.45) is 0 Å². The fraction of sp³-hybridized carbons (Fsp3) is 0.538. The van der Waals surface area contributed by atoms with E-state index in [0.29, 0.717) is 12.2 Å². The fourth-order valence-corrected chi connectivity index (χ4v) is 2.62. The van der Waals surface area contributed by atoms with Crippen molar-refractivity contribution in [1.82, 2.24) is 0 Å². The van der Waals surface area contributed by atoms with Gasteiger partial charge in [0.15, 0.2) is 0 Å². The Bertz CT molecular complexity index is 294. The van der Waals surface area contributed by atoms with Crippen LogP contribution in [0.1, 0.15) is 37.2 Å². The van der Waals surface area contributed by atoms with E-state index >= 15 is 0 Å². The minimum Gasteiger partial charge on any atom is -0.370 e. The normalized spacial score (nSPS) is 35.9. The van der Waals surface area contributed by atoms with Crippen LogP contribution in [-0.4, -0.2) is 12.2 Å². The molecule has 0 bridgehead atoms. The third-order valence-electron chi connectivity index (χ3n) is 3.56. The average Bonchev–Trinajstić information content (AvgIpc) is 2.96. The molecule has 1 saturated carbocycles. The van der Waals surface area contributed by atoms with Crippen molar-refractivity contribution in [2.45, 2.75) is 43.8 Å². The van der Waals surface area contributed by atoms with Gasteiger partial charge in [0.05, 0.1) is 12.2 Å². The van der Waals surface area contributed by atoms with E-state index in [0.717, 1.165) is 5.92 Å². The first-order valence-corrected chi connectivity index (χ1v) is 5.64. The molecule has 0 radical (unpaired) electrons. The number of fused-ring (bicyclic) bond motifs is 1. The quantitative estimate of drug-likeness (QED) is 0.617. The molecule has 1 aromatic rings. The van der Waals surface area contributed by atoms with Crippen LogP contribution in [0.5, 0.6) is 0 Å². The Morgan fingerprint density at radius 1 is 0.857 bits per heavy atom. The van der Waals surface area contributed by atoms with Gasteiger partial charge in [-0.25, -0.2) is 0 Å². The van der Waals surface area contributed by atoms with Gasteiger partial charge in [-0.2, -0.15) is 0 Å². The highest BCUT2D eigenvalue weighted by Gasteiger charge is 2.40. The molecule has 74 valence electrons. The Kier molecular flexibility index (Phi) is 2.06. The minimum atomic E-state index is 0.615. The molecule has 0 spiro atoms. The standard InChI is InChI=1S/C13H16O/c1-2-4-10(5-3-1)11-6-8-12-13(14-12)9-7-11/h1-5,11-13H,6-9H2. The SMILES string of the molecule is c1ccc(C2CCC3OC3CC2)cc1. The lowest BCUT2D eigenvalue weighted by Gasteiger charge is -2.14. The molecule has 1 saturated heterocycles. The van der Waals surface area contributed by atoms with Crippen LogP contribution in [0.4, 0.5) is 0 Å². The van der Waals surface area contributed by atoms with Crippen molar-refractivity contribution < 1.29 is 4.74 Å². The summed E-state index contributed by atoms with van der Waals surface area (Å²) in [5.74, 6) is 0.785. The Labute approximate surface area is 85.1 Å². The molecule has 2 unspecified atom stereocenters. The van der Waals surface area contributed by atoms with Crippen molar-refractivity contribution in [2.75, 3.05) is 0 Å². The first-order chi connectivity index (χ1) is 6.93. The molecular weight excluding hydrogens is 172 g/mol. The molecule has 1 heterocycles. The first kappa shape index (κ1) is 8.49. The van der Waals surface area contributed by atoms with Gasteiger partial charge in [-0.15, -0.1) is 0 Å². The number of rotatable bonds is 1. The van der Waals surface area contributed by atoms with Gasteiger partial charge in [0.1, 0.15) is 0 Å². The average molecular weight is 188 g/mol. The van der Waals surface area contributed by atoms with E-state index in [9.17, 15) is 0 Å². The van der Waals surface area contributed by atoms with E-state index in [1.54, 1.807) is 0 Å². The Hall–Kier alpha value is -0.820. The van der Waals surface area contributed by atoms with Crippen LogP contribution >= 0.6 is 0 Å². The summed E-state index contributed by atoms with van der Waals surface area (Å²) in [7, 11) is 0. The topological polar surface area (TPSA) is 12.5 Å². The van der Waals surface area contributed by atoms with Gasteiger partial charge in [0, 0.05) is 0 Å². The molecular formula is C13H16O. The van der Waals surface area contributed by atoms with Crippen molar-refractivity contribution in [1.29, 1.82) is 0 Å². The Morgan fingerprint density at radius 2 is 1.50 bits per heavy atom. The molecule has 2 fully saturated rings. The maximum absolute atomic E-state index is 5.54. The molecule has 3 rings (SSSR count). The maximum atomic E-state index is 5.54. The van der Waals surface area contributed by atoms with E-state index < -0.39 is 0 Å². The van der Waals surface area contributed by atoms with Gasteiger partial charge >= 0.3 is 0 Å². The lowest BCUT2D eigenvalue weighted by molar-refractivity contribution is 0.325. The molecule has 2 aliphatic rings. The van der Waals surface area contributed by atoms with Crippen LogP contribution in [0.3, 0.4) is 0 Å². The summed E-state index contributed by atoms with van der Waals surface area (Å²) in [6.07, 6.45) is 6.39. The van der Waals surface area contributed by atoms with Crippen LogP contribution < -0.4 is 0 Å². The number of ether oxygens (including phenoxy) is 1. The number of benzene rings is 1. The van der Waals surface area contributed by atoms with E-state index in [-0.39, 0.29) is 0 Å². The summed E-state index contributed by atoms with van der Waals surface area (Å²) in [4.78, 5) is 0. The highest BCUT2D eigenvalue weighted by Crippen LogP contribution is 2.40. The van der Waals surface area contributed by atoms with Crippen molar-refractivity contribution >= 4 is 0 Å². The van der Waals surface area contributed by atoms with Crippen molar-refractivity contribution in [3.8, 4) is 0 Å². The van der Waals surface area contributed by atoms with Gasteiger partial charge in [0.25, 0.3) is 0 Å². The summed E-state index contributed by atoms with van der Waals surface area (Å²) < 4.78 is 5.54. The van der Waals surface area contributed by atoms with Crippen LogP contribution in [0, 0.1) is 0 Å². The second kappa shape index (κ2) is 3.39. The molecule has 1 aromatic carbocycles. The number of hydrogen-bond acceptors (Lipinski definition) is 1. The summed E-state index contributed by atoms with van der Waals surface area (Å²) in [6, 6.07) is 10.9.